The van der Waals surface area contributed by atoms with Crippen LogP contribution in [0.1, 0.15) is 11.8 Å². The van der Waals surface area contributed by atoms with Crippen molar-refractivity contribution < 1.29 is 4.79 Å². The second-order valence-corrected chi connectivity index (χ2v) is 5.91. The molecular weight excluding hydrogens is 305 g/mol. The van der Waals surface area contributed by atoms with Gasteiger partial charge in [-0.3, -0.25) is 4.79 Å². The Morgan fingerprint density at radius 2 is 2.21 bits per heavy atom. The third-order valence-corrected chi connectivity index (χ3v) is 3.71. The molecule has 0 bridgehead atoms. The van der Waals surface area contributed by atoms with E-state index in [-0.39, 0.29) is 5.91 Å². The minimum Gasteiger partial charge on any atom is -0.379 e. The molecule has 0 radical (unpaired) electrons. The zero-order chi connectivity index (χ0) is 13.8. The number of amides is 1. The molecule has 1 aromatic heterocycles. The average molecular weight is 316 g/mol. The minimum absolute atomic E-state index is 0.123. The van der Waals surface area contributed by atoms with Crippen molar-refractivity contribution in [3.05, 3.63) is 38.8 Å². The van der Waals surface area contributed by atoms with Gasteiger partial charge in [0.05, 0.1) is 17.3 Å². The lowest BCUT2D eigenvalue weighted by atomic mass is 10.2. The van der Waals surface area contributed by atoms with E-state index in [1.54, 1.807) is 24.4 Å². The van der Waals surface area contributed by atoms with E-state index in [2.05, 4.69) is 15.6 Å². The molecule has 2 aromatic rings. The van der Waals surface area contributed by atoms with E-state index in [1.807, 2.05) is 0 Å². The van der Waals surface area contributed by atoms with Crippen molar-refractivity contribution in [1.29, 1.82) is 0 Å². The fraction of sp³-hybridized carbons (Fsp3) is 0.167. The molecule has 19 heavy (non-hydrogen) atoms. The topological polar surface area (TPSA) is 54.0 Å². The maximum atomic E-state index is 11.0. The molecule has 0 unspecified atom stereocenters. The van der Waals surface area contributed by atoms with Crippen molar-refractivity contribution in [2.75, 3.05) is 10.6 Å². The van der Waals surface area contributed by atoms with Gasteiger partial charge in [0.15, 0.2) is 4.47 Å². The molecule has 0 saturated carbocycles. The Kier molecular flexibility index (Phi) is 4.63. The lowest BCUT2D eigenvalue weighted by Crippen LogP contribution is -2.06. The highest BCUT2D eigenvalue weighted by Crippen LogP contribution is 2.27. The molecule has 0 fully saturated rings. The van der Waals surface area contributed by atoms with Gasteiger partial charge in [0, 0.05) is 23.7 Å². The maximum Gasteiger partial charge on any atom is 0.221 e. The van der Waals surface area contributed by atoms with Gasteiger partial charge in [0.1, 0.15) is 0 Å². The average Bonchev–Trinajstić information content (AvgIpc) is 2.75. The summed E-state index contributed by atoms with van der Waals surface area (Å²) < 4.78 is 0.509. The third kappa shape index (κ3) is 4.09. The van der Waals surface area contributed by atoms with Crippen LogP contribution in [0.3, 0.4) is 0 Å². The summed E-state index contributed by atoms with van der Waals surface area (Å²) in [6.45, 7) is 2.04. The Labute approximate surface area is 124 Å². The smallest absolute Gasteiger partial charge is 0.221 e. The van der Waals surface area contributed by atoms with E-state index in [4.69, 9.17) is 23.2 Å². The van der Waals surface area contributed by atoms with E-state index in [1.165, 1.54) is 18.3 Å². The van der Waals surface area contributed by atoms with Crippen LogP contribution in [-0.2, 0) is 11.3 Å². The first-order valence-corrected chi connectivity index (χ1v) is 7.03. The summed E-state index contributed by atoms with van der Waals surface area (Å²) in [6.07, 6.45) is 1.71. The fourth-order valence-electron chi connectivity index (χ4n) is 1.49. The Morgan fingerprint density at radius 1 is 1.42 bits per heavy atom. The number of nitrogens with one attached hydrogen (secondary N) is 2. The number of halogens is 2. The molecule has 0 aliphatic rings. The van der Waals surface area contributed by atoms with Gasteiger partial charge in [-0.15, -0.1) is 11.3 Å². The van der Waals surface area contributed by atoms with Gasteiger partial charge >= 0.3 is 0 Å². The Morgan fingerprint density at radius 3 is 2.84 bits per heavy atom. The molecule has 0 spiro atoms. The summed E-state index contributed by atoms with van der Waals surface area (Å²) in [4.78, 5) is 16.0. The number of carbonyl (C=O) groups is 1. The van der Waals surface area contributed by atoms with Gasteiger partial charge in [-0.25, -0.2) is 4.98 Å². The number of nitrogens with zero attached hydrogens (tertiary/aromatic N) is 1. The highest BCUT2D eigenvalue weighted by atomic mass is 35.5. The summed E-state index contributed by atoms with van der Waals surface area (Å²) in [5.74, 6) is -0.123. The molecule has 0 aliphatic carbocycles. The molecule has 7 heteroatoms. The molecule has 1 amide bonds. The van der Waals surface area contributed by atoms with E-state index in [0.29, 0.717) is 21.7 Å². The van der Waals surface area contributed by atoms with Gasteiger partial charge in [0.25, 0.3) is 0 Å². The molecule has 0 aliphatic heterocycles. The first kappa shape index (κ1) is 14.1. The molecule has 0 saturated heterocycles. The Hall–Kier alpha value is -1.30. The lowest BCUT2D eigenvalue weighted by Gasteiger charge is -2.09. The van der Waals surface area contributed by atoms with Crippen LogP contribution < -0.4 is 10.6 Å². The molecular formula is C12H11Cl2N3OS. The molecule has 1 heterocycles. The Balaban J connectivity index is 2.08. The fourth-order valence-corrected chi connectivity index (χ4v) is 2.59. The predicted octanol–water partition coefficient (Wildman–Crippen LogP) is 4.02. The number of benzene rings is 1. The number of anilines is 2. The van der Waals surface area contributed by atoms with Crippen LogP contribution in [0.4, 0.5) is 11.4 Å². The van der Waals surface area contributed by atoms with Crippen LogP contribution in [-0.4, -0.2) is 10.9 Å². The highest BCUT2D eigenvalue weighted by Gasteiger charge is 2.05. The van der Waals surface area contributed by atoms with E-state index in [0.717, 1.165) is 10.6 Å². The van der Waals surface area contributed by atoms with E-state index >= 15 is 0 Å². The number of thiazole rings is 1. The van der Waals surface area contributed by atoms with Crippen LogP contribution >= 0.6 is 34.5 Å². The van der Waals surface area contributed by atoms with Crippen molar-refractivity contribution in [2.24, 2.45) is 0 Å². The second-order valence-electron chi connectivity index (χ2n) is 3.81. The molecule has 4 nitrogen and oxygen atoms in total. The van der Waals surface area contributed by atoms with Crippen LogP contribution in [0.25, 0.3) is 0 Å². The number of aromatic nitrogens is 1. The second kappa shape index (κ2) is 6.23. The van der Waals surface area contributed by atoms with E-state index < -0.39 is 0 Å². The molecule has 1 aromatic carbocycles. The number of hydrogen-bond acceptors (Lipinski definition) is 4. The van der Waals surface area contributed by atoms with Gasteiger partial charge in [-0.05, 0) is 18.2 Å². The summed E-state index contributed by atoms with van der Waals surface area (Å²) in [7, 11) is 0. The summed E-state index contributed by atoms with van der Waals surface area (Å²) >= 11 is 13.3. The summed E-state index contributed by atoms with van der Waals surface area (Å²) in [5.41, 5.74) is 1.44. The maximum absolute atomic E-state index is 11.0. The number of carbonyl (C=O) groups excluding carboxylic acids is 1. The van der Waals surface area contributed by atoms with Crippen molar-refractivity contribution >= 4 is 51.8 Å². The molecule has 0 atom stereocenters. The standard InChI is InChI=1S/C12H11Cl2N3OS/c1-7(18)17-8-2-3-10(13)11(4-8)15-5-9-6-16-12(14)19-9/h2-4,6,15H,5H2,1H3,(H,17,18). The Bertz CT molecular complexity index is 600. The first-order valence-electron chi connectivity index (χ1n) is 5.46. The van der Waals surface area contributed by atoms with Crippen LogP contribution in [0.2, 0.25) is 9.49 Å². The highest BCUT2D eigenvalue weighted by molar-refractivity contribution is 7.15. The van der Waals surface area contributed by atoms with E-state index in [9.17, 15) is 4.79 Å². The van der Waals surface area contributed by atoms with Gasteiger partial charge in [0.2, 0.25) is 5.91 Å². The minimum atomic E-state index is -0.123. The quantitative estimate of drug-likeness (QED) is 0.896. The molecule has 2 N–H and O–H groups in total. The summed E-state index contributed by atoms with van der Waals surface area (Å²) in [6, 6.07) is 5.26. The summed E-state index contributed by atoms with van der Waals surface area (Å²) in [5, 5.41) is 6.48. The lowest BCUT2D eigenvalue weighted by molar-refractivity contribution is -0.114. The first-order chi connectivity index (χ1) is 9.04. The SMILES string of the molecule is CC(=O)Nc1ccc(Cl)c(NCc2cnc(Cl)s2)c1. The van der Waals surface area contributed by atoms with Gasteiger partial charge < -0.3 is 10.6 Å². The largest absolute Gasteiger partial charge is 0.379 e. The third-order valence-electron chi connectivity index (χ3n) is 2.27. The number of hydrogen-bond donors (Lipinski definition) is 2. The number of rotatable bonds is 4. The van der Waals surface area contributed by atoms with Crippen molar-refractivity contribution in [2.45, 2.75) is 13.5 Å². The molecule has 100 valence electrons. The van der Waals surface area contributed by atoms with Gasteiger partial charge in [-0.2, -0.15) is 0 Å². The normalized spacial score (nSPS) is 10.3. The van der Waals surface area contributed by atoms with Crippen molar-refractivity contribution in [3.63, 3.8) is 0 Å². The zero-order valence-corrected chi connectivity index (χ0v) is 12.4. The van der Waals surface area contributed by atoms with Gasteiger partial charge in [-0.1, -0.05) is 23.2 Å². The van der Waals surface area contributed by atoms with Crippen LogP contribution in [0.15, 0.2) is 24.4 Å². The molecule has 2 rings (SSSR count). The predicted molar refractivity (Wildman–Crippen MR) is 80.2 cm³/mol. The van der Waals surface area contributed by atoms with Crippen molar-refractivity contribution in [3.8, 4) is 0 Å². The monoisotopic (exact) mass is 315 g/mol. The van der Waals surface area contributed by atoms with Crippen LogP contribution in [0.5, 0.6) is 0 Å². The zero-order valence-electron chi connectivity index (χ0n) is 10.0. The van der Waals surface area contributed by atoms with Crippen molar-refractivity contribution in [1.82, 2.24) is 4.98 Å². The van der Waals surface area contributed by atoms with Crippen LogP contribution in [0, 0.1) is 0 Å².